The normalized spacial score (nSPS) is 38.4. The zero-order valence-electron chi connectivity index (χ0n) is 11.6. The van der Waals surface area contributed by atoms with E-state index in [0.29, 0.717) is 0 Å². The first-order valence-corrected chi connectivity index (χ1v) is 8.61. The minimum Gasteiger partial charge on any atom is -0.309 e. The van der Waals surface area contributed by atoms with Crippen molar-refractivity contribution in [3.05, 3.63) is 33.8 Å². The second kappa shape index (κ2) is 5.19. The molecule has 4 saturated carbocycles. The van der Waals surface area contributed by atoms with Gasteiger partial charge in [-0.3, -0.25) is 0 Å². The predicted octanol–water partition coefficient (Wildman–Crippen LogP) is 4.91. The molecule has 0 aliphatic heterocycles. The maximum atomic E-state index is 6.08. The number of hydrogen-bond donors (Lipinski definition) is 1. The summed E-state index contributed by atoms with van der Waals surface area (Å²) in [6, 6.07) is 6.57. The molecule has 0 atom stereocenters. The molecule has 1 aromatic carbocycles. The average Bonchev–Trinajstić information content (AvgIpc) is 2.35. The van der Waals surface area contributed by atoms with Gasteiger partial charge in [0.1, 0.15) is 0 Å². The second-order valence-corrected chi connectivity index (χ2v) is 7.99. The van der Waals surface area contributed by atoms with Crippen LogP contribution in [0.5, 0.6) is 0 Å². The van der Waals surface area contributed by atoms with Crippen molar-refractivity contribution in [3.8, 4) is 0 Å². The van der Waals surface area contributed by atoms with Crippen molar-refractivity contribution in [2.24, 2.45) is 23.7 Å². The molecule has 1 nitrogen and oxygen atoms in total. The molecule has 0 aromatic heterocycles. The van der Waals surface area contributed by atoms with E-state index in [1.807, 2.05) is 12.1 Å². The van der Waals surface area contributed by atoms with E-state index in [9.17, 15) is 0 Å². The van der Waals surface area contributed by atoms with E-state index in [-0.39, 0.29) is 0 Å². The number of nitrogens with one attached hydrogen (secondary N) is 1. The van der Waals surface area contributed by atoms with Crippen LogP contribution in [0, 0.1) is 23.7 Å². The minimum absolute atomic E-state index is 0.723. The van der Waals surface area contributed by atoms with Crippen LogP contribution in [0.15, 0.2) is 18.2 Å². The molecule has 0 spiro atoms. The van der Waals surface area contributed by atoms with Gasteiger partial charge in [0.2, 0.25) is 0 Å². The van der Waals surface area contributed by atoms with Crippen LogP contribution < -0.4 is 5.32 Å². The van der Waals surface area contributed by atoms with Gasteiger partial charge in [-0.05, 0) is 79.5 Å². The van der Waals surface area contributed by atoms with Crippen molar-refractivity contribution < 1.29 is 0 Å². The third kappa shape index (κ3) is 2.49. The summed E-state index contributed by atoms with van der Waals surface area (Å²) >= 11 is 12.2. The molecule has 4 aliphatic carbocycles. The van der Waals surface area contributed by atoms with Crippen LogP contribution >= 0.6 is 23.2 Å². The van der Waals surface area contributed by atoms with E-state index in [0.717, 1.165) is 46.3 Å². The molecule has 1 N–H and O–H groups in total. The Hall–Kier alpha value is -0.240. The van der Waals surface area contributed by atoms with Gasteiger partial charge in [0.25, 0.3) is 0 Å². The van der Waals surface area contributed by atoms with E-state index in [2.05, 4.69) is 5.32 Å². The standard InChI is InChI=1S/C17H21Cl2N/c18-15-6-12(7-16(19)8-15)9-20-17-13-2-10-1-11(4-13)5-14(17)3-10/h6-8,10-11,13-14,17,20H,1-5,9H2. The third-order valence-corrected chi connectivity index (χ3v) is 6.13. The lowest BCUT2D eigenvalue weighted by Gasteiger charge is -2.54. The first-order chi connectivity index (χ1) is 9.67. The highest BCUT2D eigenvalue weighted by Crippen LogP contribution is 2.53. The number of benzene rings is 1. The van der Waals surface area contributed by atoms with Gasteiger partial charge in [0.05, 0.1) is 0 Å². The molecule has 4 aliphatic rings. The van der Waals surface area contributed by atoms with Crippen LogP contribution in [0.3, 0.4) is 0 Å². The van der Waals surface area contributed by atoms with E-state index in [4.69, 9.17) is 23.2 Å². The molecule has 5 rings (SSSR count). The van der Waals surface area contributed by atoms with Gasteiger partial charge >= 0.3 is 0 Å². The Balaban J connectivity index is 1.44. The smallest absolute Gasteiger partial charge is 0.0424 e. The average molecular weight is 310 g/mol. The zero-order valence-corrected chi connectivity index (χ0v) is 13.1. The third-order valence-electron chi connectivity index (χ3n) is 5.69. The minimum atomic E-state index is 0.723. The van der Waals surface area contributed by atoms with E-state index in [1.165, 1.54) is 37.7 Å². The van der Waals surface area contributed by atoms with Gasteiger partial charge in [0.15, 0.2) is 0 Å². The van der Waals surface area contributed by atoms with E-state index < -0.39 is 0 Å². The highest BCUT2D eigenvalue weighted by atomic mass is 35.5. The lowest BCUT2D eigenvalue weighted by Crippen LogP contribution is -2.54. The van der Waals surface area contributed by atoms with Crippen molar-refractivity contribution in [2.45, 2.75) is 44.7 Å². The first-order valence-electron chi connectivity index (χ1n) is 7.85. The summed E-state index contributed by atoms with van der Waals surface area (Å²) in [5.74, 6) is 3.91. The molecule has 0 unspecified atom stereocenters. The zero-order chi connectivity index (χ0) is 13.7. The fourth-order valence-electron chi connectivity index (χ4n) is 5.21. The van der Waals surface area contributed by atoms with Crippen LogP contribution in [0.1, 0.15) is 37.7 Å². The molecule has 20 heavy (non-hydrogen) atoms. The lowest BCUT2D eigenvalue weighted by molar-refractivity contribution is -0.0142. The van der Waals surface area contributed by atoms with Crippen LogP contribution in [0.25, 0.3) is 0 Å². The Kier molecular flexibility index (Phi) is 3.48. The Bertz CT molecular complexity index is 465. The number of halogens is 2. The SMILES string of the molecule is Clc1cc(Cl)cc(CNC2C3CC4CC(C3)CC2C4)c1. The molecule has 4 bridgehead atoms. The number of hydrogen-bond acceptors (Lipinski definition) is 1. The van der Waals surface area contributed by atoms with Gasteiger partial charge in [-0.25, -0.2) is 0 Å². The molecule has 0 radical (unpaired) electrons. The Morgan fingerprint density at radius 1 is 0.850 bits per heavy atom. The summed E-state index contributed by atoms with van der Waals surface area (Å²) in [4.78, 5) is 0. The fourth-order valence-corrected chi connectivity index (χ4v) is 5.78. The first kappa shape index (κ1) is 13.4. The quantitative estimate of drug-likeness (QED) is 0.836. The van der Waals surface area contributed by atoms with Gasteiger partial charge in [-0.2, -0.15) is 0 Å². The fraction of sp³-hybridized carbons (Fsp3) is 0.647. The van der Waals surface area contributed by atoms with Crippen molar-refractivity contribution in [1.29, 1.82) is 0 Å². The Morgan fingerprint density at radius 2 is 1.40 bits per heavy atom. The van der Waals surface area contributed by atoms with Crippen molar-refractivity contribution >= 4 is 23.2 Å². The molecule has 1 aromatic rings. The lowest BCUT2D eigenvalue weighted by atomic mass is 9.54. The summed E-state index contributed by atoms with van der Waals surface area (Å²) < 4.78 is 0. The number of rotatable bonds is 3. The van der Waals surface area contributed by atoms with Gasteiger partial charge in [-0.15, -0.1) is 0 Å². The maximum Gasteiger partial charge on any atom is 0.0424 e. The summed E-state index contributed by atoms with van der Waals surface area (Å²) in [7, 11) is 0. The van der Waals surface area contributed by atoms with Gasteiger partial charge in [-0.1, -0.05) is 23.2 Å². The van der Waals surface area contributed by atoms with Crippen LogP contribution in [0.2, 0.25) is 10.0 Å². The van der Waals surface area contributed by atoms with Gasteiger partial charge < -0.3 is 5.32 Å². The Labute approximate surface area is 131 Å². The maximum absolute atomic E-state index is 6.08. The molecule has 0 heterocycles. The van der Waals surface area contributed by atoms with Gasteiger partial charge in [0, 0.05) is 22.6 Å². The summed E-state index contributed by atoms with van der Waals surface area (Å²) in [5, 5.41) is 5.29. The summed E-state index contributed by atoms with van der Waals surface area (Å²) in [6.07, 6.45) is 7.35. The van der Waals surface area contributed by atoms with E-state index >= 15 is 0 Å². The molecule has 0 saturated heterocycles. The highest BCUT2D eigenvalue weighted by Gasteiger charge is 2.47. The summed E-state index contributed by atoms with van der Waals surface area (Å²) in [5.41, 5.74) is 1.20. The van der Waals surface area contributed by atoms with Crippen molar-refractivity contribution in [2.75, 3.05) is 0 Å². The van der Waals surface area contributed by atoms with E-state index in [1.54, 1.807) is 6.07 Å². The summed E-state index contributed by atoms with van der Waals surface area (Å²) in [6.45, 7) is 0.896. The van der Waals surface area contributed by atoms with Crippen molar-refractivity contribution in [1.82, 2.24) is 5.32 Å². The molecular formula is C17H21Cl2N. The molecule has 0 amide bonds. The second-order valence-electron chi connectivity index (χ2n) is 7.12. The highest BCUT2D eigenvalue weighted by molar-refractivity contribution is 6.34. The topological polar surface area (TPSA) is 12.0 Å². The monoisotopic (exact) mass is 309 g/mol. The largest absolute Gasteiger partial charge is 0.309 e. The van der Waals surface area contributed by atoms with Crippen LogP contribution in [0.4, 0.5) is 0 Å². The molecule has 3 heteroatoms. The molecular weight excluding hydrogens is 289 g/mol. The van der Waals surface area contributed by atoms with Crippen LogP contribution in [-0.2, 0) is 6.54 Å². The van der Waals surface area contributed by atoms with Crippen molar-refractivity contribution in [3.63, 3.8) is 0 Å². The predicted molar refractivity (Wildman–Crippen MR) is 84.1 cm³/mol. The molecule has 4 fully saturated rings. The Morgan fingerprint density at radius 3 is 1.95 bits per heavy atom. The molecule has 108 valence electrons. The van der Waals surface area contributed by atoms with Crippen LogP contribution in [-0.4, -0.2) is 6.04 Å².